The molecule has 1 rings (SSSR count). The molecule has 0 bridgehead atoms. The van der Waals surface area contributed by atoms with Gasteiger partial charge in [0.15, 0.2) is 9.84 Å². The Bertz CT molecular complexity index is 346. The highest BCUT2D eigenvalue weighted by Crippen LogP contribution is 2.15. The molecule has 0 aliphatic carbocycles. The summed E-state index contributed by atoms with van der Waals surface area (Å²) in [7, 11) is -2.84. The Morgan fingerprint density at radius 2 is 1.72 bits per heavy atom. The second-order valence-corrected chi connectivity index (χ2v) is 8.05. The van der Waals surface area contributed by atoms with E-state index < -0.39 is 9.84 Å². The summed E-state index contributed by atoms with van der Waals surface area (Å²) in [5.41, 5.74) is 5.81. The van der Waals surface area contributed by atoms with Crippen molar-refractivity contribution < 1.29 is 8.42 Å². The number of nitrogens with two attached hydrogens (primary N) is 1. The van der Waals surface area contributed by atoms with Gasteiger partial charge in [0.05, 0.1) is 5.75 Å². The highest BCUT2D eigenvalue weighted by molar-refractivity contribution is 7.91. The maximum absolute atomic E-state index is 11.5. The van der Waals surface area contributed by atoms with Crippen LogP contribution in [0.5, 0.6) is 0 Å². The van der Waals surface area contributed by atoms with Crippen LogP contribution in [0.1, 0.15) is 20.8 Å². The van der Waals surface area contributed by atoms with E-state index in [0.717, 1.165) is 26.2 Å². The van der Waals surface area contributed by atoms with E-state index in [1.54, 1.807) is 6.92 Å². The van der Waals surface area contributed by atoms with E-state index in [1.165, 1.54) is 0 Å². The minimum Gasteiger partial charge on any atom is -0.329 e. The van der Waals surface area contributed by atoms with Crippen molar-refractivity contribution in [1.82, 2.24) is 9.80 Å². The molecule has 0 saturated carbocycles. The zero-order chi connectivity index (χ0) is 13.8. The van der Waals surface area contributed by atoms with Crippen LogP contribution in [0.2, 0.25) is 0 Å². The van der Waals surface area contributed by atoms with E-state index in [1.807, 2.05) is 0 Å². The van der Waals surface area contributed by atoms with Crippen LogP contribution < -0.4 is 5.73 Å². The SMILES string of the molecule is CCS(=O)(=O)CCN1CCN(C(C)(C)CN)CC1. The highest BCUT2D eigenvalue weighted by Gasteiger charge is 2.28. The first-order valence-corrected chi connectivity index (χ1v) is 8.51. The van der Waals surface area contributed by atoms with Gasteiger partial charge in [0.1, 0.15) is 0 Å². The topological polar surface area (TPSA) is 66.6 Å². The molecule has 5 nitrogen and oxygen atoms in total. The molecule has 1 aliphatic heterocycles. The van der Waals surface area contributed by atoms with E-state index in [4.69, 9.17) is 5.73 Å². The van der Waals surface area contributed by atoms with Crippen molar-refractivity contribution in [2.75, 3.05) is 50.8 Å². The van der Waals surface area contributed by atoms with E-state index in [9.17, 15) is 8.42 Å². The average Bonchev–Trinajstić information content (AvgIpc) is 2.37. The van der Waals surface area contributed by atoms with Crippen molar-refractivity contribution >= 4 is 9.84 Å². The fourth-order valence-corrected chi connectivity index (χ4v) is 2.94. The molecule has 6 heteroatoms. The van der Waals surface area contributed by atoms with E-state index >= 15 is 0 Å². The van der Waals surface area contributed by atoms with Gasteiger partial charge in [-0.15, -0.1) is 0 Å². The molecule has 0 spiro atoms. The van der Waals surface area contributed by atoms with Crippen LogP contribution in [0.4, 0.5) is 0 Å². The minimum absolute atomic E-state index is 0.0432. The van der Waals surface area contributed by atoms with Crippen molar-refractivity contribution in [3.05, 3.63) is 0 Å². The lowest BCUT2D eigenvalue weighted by Crippen LogP contribution is -2.57. The first-order valence-electron chi connectivity index (χ1n) is 6.68. The number of nitrogens with zero attached hydrogens (tertiary/aromatic N) is 2. The van der Waals surface area contributed by atoms with Gasteiger partial charge in [-0.2, -0.15) is 0 Å². The van der Waals surface area contributed by atoms with Gasteiger partial charge >= 0.3 is 0 Å². The molecule has 18 heavy (non-hydrogen) atoms. The molecule has 2 N–H and O–H groups in total. The van der Waals surface area contributed by atoms with Crippen LogP contribution in [0.3, 0.4) is 0 Å². The van der Waals surface area contributed by atoms with Crippen LogP contribution >= 0.6 is 0 Å². The molecule has 0 aromatic heterocycles. The minimum atomic E-state index is -2.84. The van der Waals surface area contributed by atoms with Crippen LogP contribution in [-0.4, -0.2) is 74.5 Å². The third-order valence-electron chi connectivity index (χ3n) is 3.89. The normalized spacial score (nSPS) is 20.2. The standard InChI is InChI=1S/C12H27N3O2S/c1-4-18(16,17)10-9-14-5-7-15(8-6-14)12(2,3)11-13/h4-11,13H2,1-3H3. The lowest BCUT2D eigenvalue weighted by Gasteiger charge is -2.43. The first kappa shape index (κ1) is 15.9. The van der Waals surface area contributed by atoms with Gasteiger partial charge in [0, 0.05) is 50.6 Å². The maximum Gasteiger partial charge on any atom is 0.151 e. The molecule has 0 atom stereocenters. The molecule has 0 aromatic rings. The lowest BCUT2D eigenvalue weighted by molar-refractivity contribution is 0.0594. The van der Waals surface area contributed by atoms with Gasteiger partial charge in [0.2, 0.25) is 0 Å². The summed E-state index contributed by atoms with van der Waals surface area (Å²) in [4.78, 5) is 4.62. The van der Waals surface area contributed by atoms with Gasteiger partial charge in [-0.3, -0.25) is 9.80 Å². The number of rotatable bonds is 6. The fraction of sp³-hybridized carbons (Fsp3) is 1.00. The first-order chi connectivity index (χ1) is 8.30. The summed E-state index contributed by atoms with van der Waals surface area (Å²) < 4.78 is 22.9. The van der Waals surface area contributed by atoms with E-state index in [0.29, 0.717) is 13.1 Å². The fourth-order valence-electron chi connectivity index (χ4n) is 2.12. The van der Waals surface area contributed by atoms with Crippen LogP contribution in [0, 0.1) is 0 Å². The van der Waals surface area contributed by atoms with Crippen molar-refractivity contribution in [2.24, 2.45) is 5.73 Å². The van der Waals surface area contributed by atoms with E-state index in [2.05, 4.69) is 23.6 Å². The largest absolute Gasteiger partial charge is 0.329 e. The predicted octanol–water partition coefficient (Wildman–Crippen LogP) is -0.224. The number of hydrogen-bond acceptors (Lipinski definition) is 5. The van der Waals surface area contributed by atoms with Crippen LogP contribution in [-0.2, 0) is 9.84 Å². The monoisotopic (exact) mass is 277 g/mol. The molecule has 0 aromatic carbocycles. The number of hydrogen-bond donors (Lipinski definition) is 1. The molecule has 0 unspecified atom stereocenters. The summed E-state index contributed by atoms with van der Waals surface area (Å²) in [5, 5.41) is 0. The lowest BCUT2D eigenvalue weighted by atomic mass is 10.0. The van der Waals surface area contributed by atoms with Gasteiger partial charge < -0.3 is 5.73 Å². The van der Waals surface area contributed by atoms with Gasteiger partial charge in [-0.05, 0) is 13.8 Å². The molecule has 1 saturated heterocycles. The van der Waals surface area contributed by atoms with Crippen molar-refractivity contribution in [3.8, 4) is 0 Å². The second-order valence-electron chi connectivity index (χ2n) is 5.58. The quantitative estimate of drug-likeness (QED) is 0.727. The summed E-state index contributed by atoms with van der Waals surface area (Å²) in [6.45, 7) is 11.1. The van der Waals surface area contributed by atoms with Crippen molar-refractivity contribution in [1.29, 1.82) is 0 Å². The molecule has 1 heterocycles. The molecule has 108 valence electrons. The highest BCUT2D eigenvalue weighted by atomic mass is 32.2. The van der Waals surface area contributed by atoms with E-state index in [-0.39, 0.29) is 17.0 Å². The van der Waals surface area contributed by atoms with Gasteiger partial charge in [-0.25, -0.2) is 8.42 Å². The zero-order valence-electron chi connectivity index (χ0n) is 11.9. The number of sulfone groups is 1. The molecular formula is C12H27N3O2S. The third kappa shape index (κ3) is 4.50. The van der Waals surface area contributed by atoms with Crippen molar-refractivity contribution in [3.63, 3.8) is 0 Å². The molecule has 1 aliphatic rings. The Labute approximate surface area is 111 Å². The molecule has 0 radical (unpaired) electrons. The maximum atomic E-state index is 11.5. The Balaban J connectivity index is 2.36. The van der Waals surface area contributed by atoms with Crippen molar-refractivity contribution in [2.45, 2.75) is 26.3 Å². The Kier molecular flexibility index (Phi) is 5.58. The number of piperazine rings is 1. The smallest absolute Gasteiger partial charge is 0.151 e. The predicted molar refractivity (Wildman–Crippen MR) is 75.5 cm³/mol. The third-order valence-corrected chi connectivity index (χ3v) is 5.57. The summed E-state index contributed by atoms with van der Waals surface area (Å²) >= 11 is 0. The molecular weight excluding hydrogens is 250 g/mol. The van der Waals surface area contributed by atoms with Gasteiger partial charge in [0.25, 0.3) is 0 Å². The zero-order valence-corrected chi connectivity index (χ0v) is 12.7. The summed E-state index contributed by atoms with van der Waals surface area (Å²) in [5.74, 6) is 0.525. The Morgan fingerprint density at radius 1 is 1.17 bits per heavy atom. The second kappa shape index (κ2) is 6.32. The average molecular weight is 277 g/mol. The summed E-state index contributed by atoms with van der Waals surface area (Å²) in [6.07, 6.45) is 0. The van der Waals surface area contributed by atoms with Gasteiger partial charge in [-0.1, -0.05) is 6.92 Å². The Morgan fingerprint density at radius 3 is 2.17 bits per heavy atom. The Hall–Kier alpha value is -0.170. The summed E-state index contributed by atoms with van der Waals surface area (Å²) in [6, 6.07) is 0. The van der Waals surface area contributed by atoms with Crippen LogP contribution in [0.15, 0.2) is 0 Å². The molecule has 0 amide bonds. The van der Waals surface area contributed by atoms with Crippen LogP contribution in [0.25, 0.3) is 0 Å². The molecule has 1 fully saturated rings.